The molecule has 0 aromatic heterocycles. The fourth-order valence-corrected chi connectivity index (χ4v) is 4.00. The number of hydrogen-bond donors (Lipinski definition) is 1. The lowest BCUT2D eigenvalue weighted by Gasteiger charge is -2.33. The number of rotatable bonds is 4. The zero-order chi connectivity index (χ0) is 15.4. The average molecular weight is 307 g/mol. The summed E-state index contributed by atoms with van der Waals surface area (Å²) in [6, 6.07) is 0.391. The van der Waals surface area contributed by atoms with Crippen molar-refractivity contribution in [2.24, 2.45) is 5.92 Å². The van der Waals surface area contributed by atoms with Crippen LogP contribution in [0.2, 0.25) is 0 Å². The molecule has 0 aromatic carbocycles. The summed E-state index contributed by atoms with van der Waals surface area (Å²) in [6.45, 7) is 4.63. The van der Waals surface area contributed by atoms with Crippen molar-refractivity contribution < 1.29 is 9.59 Å². The van der Waals surface area contributed by atoms with Crippen LogP contribution in [0.4, 0.5) is 0 Å². The van der Waals surface area contributed by atoms with Gasteiger partial charge in [-0.1, -0.05) is 0 Å². The molecule has 3 heterocycles. The fourth-order valence-electron chi connectivity index (χ4n) is 4.00. The molecule has 0 radical (unpaired) electrons. The maximum absolute atomic E-state index is 12.3. The van der Waals surface area contributed by atoms with E-state index in [0.717, 1.165) is 64.8 Å². The minimum absolute atomic E-state index is 0.295. The highest BCUT2D eigenvalue weighted by Crippen LogP contribution is 2.23. The molecule has 3 aliphatic rings. The van der Waals surface area contributed by atoms with E-state index in [1.54, 1.807) is 0 Å². The molecule has 5 nitrogen and oxygen atoms in total. The van der Waals surface area contributed by atoms with Gasteiger partial charge in [0.25, 0.3) is 0 Å². The number of hydrogen-bond acceptors (Lipinski definition) is 3. The second-order valence-corrected chi connectivity index (χ2v) is 7.11. The number of piperidine rings is 1. The second kappa shape index (κ2) is 7.44. The Morgan fingerprint density at radius 1 is 0.818 bits per heavy atom. The van der Waals surface area contributed by atoms with E-state index in [-0.39, 0.29) is 0 Å². The van der Waals surface area contributed by atoms with Crippen LogP contribution < -0.4 is 5.32 Å². The summed E-state index contributed by atoms with van der Waals surface area (Å²) in [5.41, 5.74) is 0. The lowest BCUT2D eigenvalue weighted by atomic mass is 9.92. The maximum atomic E-state index is 12.3. The summed E-state index contributed by atoms with van der Waals surface area (Å²) in [5, 5.41) is 3.40. The molecular formula is C17H29N3O2. The zero-order valence-electron chi connectivity index (χ0n) is 13.6. The first-order chi connectivity index (χ1) is 10.7. The molecule has 5 heteroatoms. The van der Waals surface area contributed by atoms with Crippen molar-refractivity contribution in [3.05, 3.63) is 0 Å². The van der Waals surface area contributed by atoms with Crippen LogP contribution in [0.25, 0.3) is 0 Å². The number of carbonyl (C=O) groups excluding carboxylic acids is 2. The van der Waals surface area contributed by atoms with Crippen LogP contribution >= 0.6 is 0 Å². The van der Waals surface area contributed by atoms with Crippen molar-refractivity contribution in [1.29, 1.82) is 0 Å². The molecule has 3 rings (SSSR count). The molecule has 1 unspecified atom stereocenters. The molecule has 0 bridgehead atoms. The number of nitrogens with zero attached hydrogens (tertiary/aromatic N) is 2. The molecule has 0 aliphatic carbocycles. The number of likely N-dealkylation sites (tertiary alicyclic amines) is 2. The van der Waals surface area contributed by atoms with E-state index in [0.29, 0.717) is 36.6 Å². The van der Waals surface area contributed by atoms with E-state index in [4.69, 9.17) is 0 Å². The SMILES string of the molecule is O=C(CC1CCN(C(=O)CC2CCCN2)CC1)N1CCCC1. The highest BCUT2D eigenvalue weighted by Gasteiger charge is 2.28. The lowest BCUT2D eigenvalue weighted by molar-refractivity contribution is -0.134. The van der Waals surface area contributed by atoms with Crippen molar-refractivity contribution in [2.75, 3.05) is 32.7 Å². The molecule has 3 saturated heterocycles. The molecule has 3 aliphatic heterocycles. The molecule has 0 spiro atoms. The van der Waals surface area contributed by atoms with Gasteiger partial charge in [0, 0.05) is 45.1 Å². The Kier molecular flexibility index (Phi) is 5.34. The number of nitrogens with one attached hydrogen (secondary N) is 1. The fraction of sp³-hybridized carbons (Fsp3) is 0.882. The van der Waals surface area contributed by atoms with Crippen LogP contribution in [0.5, 0.6) is 0 Å². The van der Waals surface area contributed by atoms with Gasteiger partial charge < -0.3 is 15.1 Å². The lowest BCUT2D eigenvalue weighted by Crippen LogP contribution is -2.42. The summed E-state index contributed by atoms with van der Waals surface area (Å²) in [7, 11) is 0. The van der Waals surface area contributed by atoms with Crippen molar-refractivity contribution in [1.82, 2.24) is 15.1 Å². The van der Waals surface area contributed by atoms with Gasteiger partial charge in [-0.15, -0.1) is 0 Å². The predicted octanol–water partition coefficient (Wildman–Crippen LogP) is 1.38. The Hall–Kier alpha value is -1.10. The maximum Gasteiger partial charge on any atom is 0.224 e. The molecular weight excluding hydrogens is 278 g/mol. The van der Waals surface area contributed by atoms with Crippen LogP contribution in [0.1, 0.15) is 51.4 Å². The Bertz CT molecular complexity index is 393. The Labute approximate surface area is 133 Å². The Morgan fingerprint density at radius 2 is 1.45 bits per heavy atom. The molecule has 0 saturated carbocycles. The monoisotopic (exact) mass is 307 g/mol. The van der Waals surface area contributed by atoms with Crippen molar-refractivity contribution in [3.8, 4) is 0 Å². The van der Waals surface area contributed by atoms with Gasteiger partial charge in [0.1, 0.15) is 0 Å². The van der Waals surface area contributed by atoms with E-state index < -0.39 is 0 Å². The topological polar surface area (TPSA) is 52.7 Å². The van der Waals surface area contributed by atoms with Gasteiger partial charge in [0.05, 0.1) is 0 Å². The predicted molar refractivity (Wildman–Crippen MR) is 85.4 cm³/mol. The quantitative estimate of drug-likeness (QED) is 0.854. The number of amides is 2. The van der Waals surface area contributed by atoms with Crippen LogP contribution in [-0.4, -0.2) is 60.4 Å². The van der Waals surface area contributed by atoms with Crippen molar-refractivity contribution in [3.63, 3.8) is 0 Å². The molecule has 0 aromatic rings. The van der Waals surface area contributed by atoms with E-state index in [1.165, 1.54) is 6.42 Å². The molecule has 1 N–H and O–H groups in total. The molecule has 3 fully saturated rings. The zero-order valence-corrected chi connectivity index (χ0v) is 13.6. The van der Waals surface area contributed by atoms with Gasteiger partial charge >= 0.3 is 0 Å². The minimum Gasteiger partial charge on any atom is -0.343 e. The third-order valence-corrected chi connectivity index (χ3v) is 5.47. The van der Waals surface area contributed by atoms with Crippen LogP contribution in [-0.2, 0) is 9.59 Å². The van der Waals surface area contributed by atoms with Gasteiger partial charge in [0.2, 0.25) is 11.8 Å². The Balaban J connectivity index is 1.38. The second-order valence-electron chi connectivity index (χ2n) is 7.11. The third kappa shape index (κ3) is 4.00. The van der Waals surface area contributed by atoms with Gasteiger partial charge in [-0.3, -0.25) is 9.59 Å². The van der Waals surface area contributed by atoms with E-state index >= 15 is 0 Å². The van der Waals surface area contributed by atoms with Gasteiger partial charge in [0.15, 0.2) is 0 Å². The molecule has 1 atom stereocenters. The number of carbonyl (C=O) groups is 2. The van der Waals surface area contributed by atoms with Crippen molar-refractivity contribution >= 4 is 11.8 Å². The highest BCUT2D eigenvalue weighted by atomic mass is 16.2. The summed E-state index contributed by atoms with van der Waals surface area (Å²) < 4.78 is 0. The Morgan fingerprint density at radius 3 is 2.09 bits per heavy atom. The highest BCUT2D eigenvalue weighted by molar-refractivity contribution is 5.78. The summed E-state index contributed by atoms with van der Waals surface area (Å²) in [5.74, 6) is 1.10. The first kappa shape index (κ1) is 15.8. The first-order valence-electron chi connectivity index (χ1n) is 9.01. The van der Waals surface area contributed by atoms with E-state index in [1.807, 2.05) is 9.80 Å². The third-order valence-electron chi connectivity index (χ3n) is 5.47. The van der Waals surface area contributed by atoms with E-state index in [9.17, 15) is 9.59 Å². The average Bonchev–Trinajstić information content (AvgIpc) is 3.21. The van der Waals surface area contributed by atoms with Crippen LogP contribution in [0, 0.1) is 5.92 Å². The first-order valence-corrected chi connectivity index (χ1v) is 9.01. The molecule has 22 heavy (non-hydrogen) atoms. The normalized spacial score (nSPS) is 26.6. The standard InChI is InChI=1S/C17H29N3O2/c21-16(19-8-1-2-9-19)12-14-5-10-20(11-6-14)17(22)13-15-4-3-7-18-15/h14-15,18H,1-13H2. The molecule has 124 valence electrons. The summed E-state index contributed by atoms with van der Waals surface area (Å²) in [6.07, 6.45) is 7.96. The van der Waals surface area contributed by atoms with Crippen LogP contribution in [0.3, 0.4) is 0 Å². The van der Waals surface area contributed by atoms with Crippen molar-refractivity contribution in [2.45, 2.75) is 57.4 Å². The largest absolute Gasteiger partial charge is 0.343 e. The smallest absolute Gasteiger partial charge is 0.224 e. The van der Waals surface area contributed by atoms with Gasteiger partial charge in [-0.2, -0.15) is 0 Å². The minimum atomic E-state index is 0.295. The van der Waals surface area contributed by atoms with E-state index in [2.05, 4.69) is 5.32 Å². The molecule has 2 amide bonds. The summed E-state index contributed by atoms with van der Waals surface area (Å²) in [4.78, 5) is 28.5. The van der Waals surface area contributed by atoms with Crippen LogP contribution in [0.15, 0.2) is 0 Å². The van der Waals surface area contributed by atoms with Gasteiger partial charge in [-0.25, -0.2) is 0 Å². The van der Waals surface area contributed by atoms with Gasteiger partial charge in [-0.05, 0) is 51.0 Å². The summed E-state index contributed by atoms with van der Waals surface area (Å²) >= 11 is 0.